The molecule has 6 heavy (non-hydrogen) atoms. The van der Waals surface area contributed by atoms with Crippen LogP contribution in [0, 0.1) is 0 Å². The first kappa shape index (κ1) is 4.19. The minimum atomic E-state index is 0.941. The zero-order chi connectivity index (χ0) is 4.41. The van der Waals surface area contributed by atoms with Crippen molar-refractivity contribution in [3.05, 3.63) is 22.6 Å². The molecule has 0 amide bonds. The summed E-state index contributed by atoms with van der Waals surface area (Å²) in [5.41, 5.74) is 0. The van der Waals surface area contributed by atoms with Crippen LogP contribution in [0.1, 0.15) is 6.42 Å². The molecular formula is C5H8Ge. The predicted octanol–water partition coefficient (Wildman–Crippen LogP) is 0.196. The monoisotopic (exact) mass is 142 g/mol. The molecule has 1 heteroatoms. The van der Waals surface area contributed by atoms with Gasteiger partial charge in [0.15, 0.2) is 0 Å². The van der Waals surface area contributed by atoms with Gasteiger partial charge in [-0.05, 0) is 0 Å². The van der Waals surface area contributed by atoms with Crippen LogP contribution in [-0.4, -0.2) is 16.5 Å². The molecule has 1 rings (SSSR count). The second-order valence-corrected chi connectivity index (χ2v) is 4.34. The second-order valence-electron chi connectivity index (χ2n) is 1.65. The normalized spacial score (nSPS) is 19.0. The van der Waals surface area contributed by atoms with Gasteiger partial charge in [-0.2, -0.15) is 0 Å². The van der Waals surface area contributed by atoms with Crippen molar-refractivity contribution in [1.29, 1.82) is 0 Å². The quantitative estimate of drug-likeness (QED) is 0.422. The fourth-order valence-electron chi connectivity index (χ4n) is 0.554. The summed E-state index contributed by atoms with van der Waals surface area (Å²) in [4.78, 5) is 0. The van der Waals surface area contributed by atoms with Crippen molar-refractivity contribution < 1.29 is 0 Å². The average Bonchev–Trinajstić information content (AvgIpc) is 1.86. The molecule has 0 saturated heterocycles. The molecule has 0 aromatic carbocycles. The Bertz CT molecular complexity index is 101. The van der Waals surface area contributed by atoms with Gasteiger partial charge in [0.05, 0.1) is 0 Å². The number of hydrogen-bond donors (Lipinski definition) is 0. The average molecular weight is 141 g/mol. The maximum absolute atomic E-state index is 2.22. The van der Waals surface area contributed by atoms with Gasteiger partial charge in [0.2, 0.25) is 0 Å². The van der Waals surface area contributed by atoms with Gasteiger partial charge in [0, 0.05) is 0 Å². The molecule has 0 heterocycles. The van der Waals surface area contributed by atoms with Crippen molar-refractivity contribution in [1.82, 2.24) is 0 Å². The minimum absolute atomic E-state index is 0.941. The van der Waals surface area contributed by atoms with Crippen LogP contribution in [-0.2, 0) is 0 Å². The van der Waals surface area contributed by atoms with Crippen LogP contribution in [0.4, 0.5) is 0 Å². The molecule has 0 radical (unpaired) electrons. The van der Waals surface area contributed by atoms with E-state index in [9.17, 15) is 0 Å². The van der Waals surface area contributed by atoms with Crippen LogP contribution in [0.25, 0.3) is 0 Å². The molecule has 0 unspecified atom stereocenters. The molecular weight excluding hydrogens is 133 g/mol. The first-order valence-electron chi connectivity index (χ1n) is 2.22. The van der Waals surface area contributed by atoms with Gasteiger partial charge in [-0.3, -0.25) is 0 Å². The molecule has 0 spiro atoms. The summed E-state index contributed by atoms with van der Waals surface area (Å²) in [7, 11) is 0. The molecule has 0 aromatic heterocycles. The van der Waals surface area contributed by atoms with E-state index in [2.05, 4.69) is 18.2 Å². The fraction of sp³-hybridized carbons (Fsp3) is 0.200. The van der Waals surface area contributed by atoms with E-state index in [0.29, 0.717) is 0 Å². The van der Waals surface area contributed by atoms with Crippen LogP contribution < -0.4 is 0 Å². The Kier molecular flexibility index (Phi) is 1.15. The Morgan fingerprint density at radius 3 is 2.67 bits per heavy atom. The molecule has 0 atom stereocenters. The summed E-state index contributed by atoms with van der Waals surface area (Å²) >= 11 is 0.941. The van der Waals surface area contributed by atoms with E-state index in [0.717, 1.165) is 16.5 Å². The zero-order valence-electron chi connectivity index (χ0n) is 3.94. The molecule has 0 bridgehead atoms. The van der Waals surface area contributed by atoms with E-state index in [1.54, 1.807) is 4.41 Å². The van der Waals surface area contributed by atoms with E-state index in [1.807, 2.05) is 0 Å². The van der Waals surface area contributed by atoms with Crippen LogP contribution in [0.15, 0.2) is 22.6 Å². The van der Waals surface area contributed by atoms with Crippen molar-refractivity contribution in [2.75, 3.05) is 0 Å². The van der Waals surface area contributed by atoms with Crippen molar-refractivity contribution >= 4 is 16.5 Å². The van der Waals surface area contributed by atoms with E-state index in [4.69, 9.17) is 0 Å². The maximum atomic E-state index is 2.22. The summed E-state index contributed by atoms with van der Waals surface area (Å²) in [6.45, 7) is 0. The van der Waals surface area contributed by atoms with Crippen LogP contribution >= 0.6 is 0 Å². The van der Waals surface area contributed by atoms with Crippen LogP contribution in [0.2, 0.25) is 0 Å². The zero-order valence-corrected chi connectivity index (χ0v) is 8.14. The van der Waals surface area contributed by atoms with Crippen molar-refractivity contribution in [3.8, 4) is 0 Å². The van der Waals surface area contributed by atoms with Gasteiger partial charge in [-0.15, -0.1) is 0 Å². The molecule has 0 aromatic rings. The molecule has 0 saturated carbocycles. The topological polar surface area (TPSA) is 0 Å². The van der Waals surface area contributed by atoms with Crippen LogP contribution in [0.5, 0.6) is 0 Å². The third-order valence-corrected chi connectivity index (χ3v) is 2.51. The van der Waals surface area contributed by atoms with E-state index in [1.165, 1.54) is 6.42 Å². The van der Waals surface area contributed by atoms with Gasteiger partial charge in [-0.1, -0.05) is 0 Å². The Morgan fingerprint density at radius 2 is 2.50 bits per heavy atom. The van der Waals surface area contributed by atoms with E-state index < -0.39 is 0 Å². The Labute approximate surface area is 46.2 Å². The summed E-state index contributed by atoms with van der Waals surface area (Å²) in [5, 5.41) is 0. The van der Waals surface area contributed by atoms with Gasteiger partial charge in [0.25, 0.3) is 0 Å². The molecule has 1 aliphatic rings. The standard InChI is InChI=1S/C5H8Ge/c6-5-3-1-2-4-5/h1-3H,4H2,6H3. The Hall–Kier alpha value is 0.0229. The van der Waals surface area contributed by atoms with Crippen molar-refractivity contribution in [2.24, 2.45) is 0 Å². The number of allylic oxidation sites excluding steroid dienone is 4. The summed E-state index contributed by atoms with van der Waals surface area (Å²) in [6.07, 6.45) is 7.82. The third-order valence-electron chi connectivity index (χ3n) is 0.957. The molecule has 0 N–H and O–H groups in total. The van der Waals surface area contributed by atoms with Gasteiger partial charge < -0.3 is 0 Å². The molecule has 0 fully saturated rings. The van der Waals surface area contributed by atoms with Gasteiger partial charge in [-0.25, -0.2) is 0 Å². The SMILES string of the molecule is [GeH3][C]1=CC=CC1. The molecule has 0 nitrogen and oxygen atoms in total. The van der Waals surface area contributed by atoms with Gasteiger partial charge in [0.1, 0.15) is 0 Å². The Balaban J connectivity index is 2.61. The summed E-state index contributed by atoms with van der Waals surface area (Å²) in [5.74, 6) is 0. The predicted molar refractivity (Wildman–Crippen MR) is 31.8 cm³/mol. The fourth-order valence-corrected chi connectivity index (χ4v) is 1.45. The Morgan fingerprint density at radius 1 is 1.67 bits per heavy atom. The first-order chi connectivity index (χ1) is 2.89. The van der Waals surface area contributed by atoms with Crippen molar-refractivity contribution in [2.45, 2.75) is 6.42 Å². The molecule has 0 aliphatic heterocycles. The van der Waals surface area contributed by atoms with Crippen molar-refractivity contribution in [3.63, 3.8) is 0 Å². The third kappa shape index (κ3) is 0.745. The van der Waals surface area contributed by atoms with Gasteiger partial charge >= 0.3 is 45.6 Å². The van der Waals surface area contributed by atoms with E-state index in [-0.39, 0.29) is 0 Å². The number of rotatable bonds is 0. The van der Waals surface area contributed by atoms with Crippen LogP contribution in [0.3, 0.4) is 0 Å². The van der Waals surface area contributed by atoms with E-state index >= 15 is 0 Å². The summed E-state index contributed by atoms with van der Waals surface area (Å²) in [6, 6.07) is 0. The summed E-state index contributed by atoms with van der Waals surface area (Å²) < 4.78 is 1.66. The second kappa shape index (κ2) is 1.65. The first-order valence-corrected chi connectivity index (χ1v) is 4.32. The number of hydrogen-bond acceptors (Lipinski definition) is 0. The molecule has 1 aliphatic carbocycles. The molecule has 32 valence electrons.